The number of hydrogen-bond donors (Lipinski definition) is 0. The van der Waals surface area contributed by atoms with Crippen LogP contribution in [0.1, 0.15) is 28.8 Å². The smallest absolute Gasteiger partial charge is 0.355 e. The summed E-state index contributed by atoms with van der Waals surface area (Å²) in [6, 6.07) is 7.70. The van der Waals surface area contributed by atoms with Crippen molar-refractivity contribution in [3.8, 4) is 11.4 Å². The van der Waals surface area contributed by atoms with Crippen molar-refractivity contribution < 1.29 is 22.4 Å². The number of alkyl halides is 3. The lowest BCUT2D eigenvalue weighted by molar-refractivity contribution is -0.137. The van der Waals surface area contributed by atoms with E-state index >= 15 is 0 Å². The maximum absolute atomic E-state index is 14.1. The highest BCUT2D eigenvalue weighted by molar-refractivity contribution is 6.00. The molecule has 34 heavy (non-hydrogen) atoms. The van der Waals surface area contributed by atoms with E-state index in [0.29, 0.717) is 23.8 Å². The third-order valence-electron chi connectivity index (χ3n) is 6.66. The number of fused-ring (bicyclic) bond motifs is 2. The number of anilines is 1. The molecule has 1 saturated carbocycles. The summed E-state index contributed by atoms with van der Waals surface area (Å²) in [6.07, 6.45) is 1.05. The zero-order valence-corrected chi connectivity index (χ0v) is 18.2. The molecule has 10 heteroatoms. The SMILES string of the molecule is CN(c1ccc(C(F)(F)F)cn1)[C@@H]1C[C@H]2C[C@@H]1N(C(=O)c1cc(F)ccc1-c1ncccn1)C2. The molecule has 176 valence electrons. The maximum Gasteiger partial charge on any atom is 0.417 e. The van der Waals surface area contributed by atoms with Crippen LogP contribution in [0.25, 0.3) is 11.4 Å². The highest BCUT2D eigenvalue weighted by Crippen LogP contribution is 2.42. The summed E-state index contributed by atoms with van der Waals surface area (Å²) in [7, 11) is 1.77. The van der Waals surface area contributed by atoms with Crippen molar-refractivity contribution in [3.63, 3.8) is 0 Å². The van der Waals surface area contributed by atoms with Gasteiger partial charge in [-0.1, -0.05) is 0 Å². The molecule has 2 fully saturated rings. The Kier molecular flexibility index (Phi) is 5.45. The van der Waals surface area contributed by atoms with Crippen LogP contribution in [0.3, 0.4) is 0 Å². The van der Waals surface area contributed by atoms with Crippen molar-refractivity contribution in [2.75, 3.05) is 18.5 Å². The molecule has 0 unspecified atom stereocenters. The van der Waals surface area contributed by atoms with Crippen LogP contribution >= 0.6 is 0 Å². The number of carbonyl (C=O) groups excluding carboxylic acids is 1. The van der Waals surface area contributed by atoms with E-state index < -0.39 is 17.6 Å². The van der Waals surface area contributed by atoms with Crippen LogP contribution in [0, 0.1) is 11.7 Å². The van der Waals surface area contributed by atoms with E-state index in [9.17, 15) is 22.4 Å². The minimum Gasteiger partial charge on any atom is -0.355 e. The summed E-state index contributed by atoms with van der Waals surface area (Å²) in [5.74, 6) is 0.142. The number of aromatic nitrogens is 3. The van der Waals surface area contributed by atoms with Crippen molar-refractivity contribution in [2.45, 2.75) is 31.1 Å². The number of likely N-dealkylation sites (tertiary alicyclic amines) is 1. The van der Waals surface area contributed by atoms with Gasteiger partial charge in [-0.25, -0.2) is 19.3 Å². The standard InChI is InChI=1S/C24H21F4N5O/c1-32(21-6-3-15(12-31-21)24(26,27)28)19-9-14-10-20(19)33(13-14)23(34)18-11-16(25)4-5-17(18)22-29-7-2-8-30-22/h2-8,11-12,14,19-20H,9-10,13H2,1H3/t14-,19+,20-/m0/s1. The van der Waals surface area contributed by atoms with Gasteiger partial charge in [0.05, 0.1) is 23.2 Å². The third kappa shape index (κ3) is 3.97. The number of halogens is 4. The summed E-state index contributed by atoms with van der Waals surface area (Å²) >= 11 is 0. The number of rotatable bonds is 4. The minimum absolute atomic E-state index is 0.114. The molecule has 0 radical (unpaired) electrons. The van der Waals surface area contributed by atoms with Gasteiger partial charge in [0.25, 0.3) is 5.91 Å². The van der Waals surface area contributed by atoms with Crippen LogP contribution in [0.2, 0.25) is 0 Å². The fraction of sp³-hybridized carbons (Fsp3) is 0.333. The summed E-state index contributed by atoms with van der Waals surface area (Å²) in [4.78, 5) is 29.6. The fourth-order valence-corrected chi connectivity index (χ4v) is 5.05. The van der Waals surface area contributed by atoms with Gasteiger partial charge in [0.1, 0.15) is 11.6 Å². The average molecular weight is 471 g/mol. The molecule has 1 amide bonds. The lowest BCUT2D eigenvalue weighted by atomic mass is 10.0. The molecule has 1 aromatic carbocycles. The Morgan fingerprint density at radius 1 is 1.09 bits per heavy atom. The first-order valence-electron chi connectivity index (χ1n) is 10.9. The van der Waals surface area contributed by atoms with Crippen molar-refractivity contribution in [2.24, 2.45) is 5.92 Å². The van der Waals surface area contributed by atoms with Gasteiger partial charge >= 0.3 is 6.18 Å². The van der Waals surface area contributed by atoms with Crippen LogP contribution in [-0.4, -0.2) is 51.4 Å². The van der Waals surface area contributed by atoms with E-state index in [1.807, 2.05) is 4.90 Å². The summed E-state index contributed by atoms with van der Waals surface area (Å²) in [5.41, 5.74) is -0.173. The molecule has 1 aliphatic carbocycles. The Bertz CT molecular complexity index is 1200. The van der Waals surface area contributed by atoms with Gasteiger partial charge in [0.15, 0.2) is 5.82 Å². The molecule has 2 aromatic heterocycles. The second-order valence-corrected chi connectivity index (χ2v) is 8.71. The zero-order chi connectivity index (χ0) is 24.0. The predicted molar refractivity (Wildman–Crippen MR) is 116 cm³/mol. The molecule has 0 N–H and O–H groups in total. The molecule has 1 saturated heterocycles. The molecule has 6 nitrogen and oxygen atoms in total. The Balaban J connectivity index is 1.41. The number of pyridine rings is 1. The molecular formula is C24H21F4N5O. The minimum atomic E-state index is -4.45. The highest BCUT2D eigenvalue weighted by Gasteiger charge is 2.49. The number of likely N-dealkylation sites (N-methyl/N-ethyl adjacent to an activating group) is 1. The summed E-state index contributed by atoms with van der Waals surface area (Å²) < 4.78 is 52.8. The van der Waals surface area contributed by atoms with Gasteiger partial charge in [0, 0.05) is 37.7 Å². The van der Waals surface area contributed by atoms with Crippen molar-refractivity contribution in [1.82, 2.24) is 19.9 Å². The largest absolute Gasteiger partial charge is 0.417 e. The predicted octanol–water partition coefficient (Wildman–Crippen LogP) is 4.44. The molecule has 2 aliphatic rings. The van der Waals surface area contributed by atoms with E-state index in [2.05, 4.69) is 15.0 Å². The number of amides is 1. The summed E-state index contributed by atoms with van der Waals surface area (Å²) in [5, 5.41) is 0. The van der Waals surface area contributed by atoms with E-state index in [1.54, 1.807) is 30.4 Å². The molecule has 3 heterocycles. The van der Waals surface area contributed by atoms with E-state index in [0.717, 1.165) is 25.1 Å². The van der Waals surface area contributed by atoms with Crippen molar-refractivity contribution >= 4 is 11.7 Å². The molecule has 0 spiro atoms. The Hall–Kier alpha value is -3.56. The van der Waals surface area contributed by atoms with Crippen LogP contribution in [0.15, 0.2) is 55.0 Å². The molecule has 3 atom stereocenters. The van der Waals surface area contributed by atoms with Crippen LogP contribution in [-0.2, 0) is 6.18 Å². The lowest BCUT2D eigenvalue weighted by Crippen LogP contribution is -2.51. The molecule has 1 aliphatic heterocycles. The molecule has 3 aromatic rings. The van der Waals surface area contributed by atoms with E-state index in [4.69, 9.17) is 0 Å². The van der Waals surface area contributed by atoms with E-state index in [1.165, 1.54) is 24.3 Å². The number of carbonyl (C=O) groups is 1. The Morgan fingerprint density at radius 3 is 2.50 bits per heavy atom. The first-order chi connectivity index (χ1) is 16.2. The van der Waals surface area contributed by atoms with Crippen molar-refractivity contribution in [1.29, 1.82) is 0 Å². The van der Waals surface area contributed by atoms with E-state index in [-0.39, 0.29) is 29.5 Å². The third-order valence-corrected chi connectivity index (χ3v) is 6.66. The van der Waals surface area contributed by atoms with Gasteiger partial charge < -0.3 is 9.80 Å². The van der Waals surface area contributed by atoms with Gasteiger partial charge in [-0.3, -0.25) is 4.79 Å². The van der Waals surface area contributed by atoms with Gasteiger partial charge in [-0.05, 0) is 55.2 Å². The van der Waals surface area contributed by atoms with Crippen molar-refractivity contribution in [3.05, 3.63) is 71.9 Å². The quantitative estimate of drug-likeness (QED) is 0.527. The fourth-order valence-electron chi connectivity index (χ4n) is 5.05. The first kappa shape index (κ1) is 22.2. The number of piperidine rings is 1. The van der Waals surface area contributed by atoms with Gasteiger partial charge in [0.2, 0.25) is 0 Å². The normalized spacial score (nSPS) is 21.7. The second-order valence-electron chi connectivity index (χ2n) is 8.71. The van der Waals surface area contributed by atoms with Gasteiger partial charge in [-0.15, -0.1) is 0 Å². The first-order valence-corrected chi connectivity index (χ1v) is 10.9. The monoisotopic (exact) mass is 471 g/mol. The second kappa shape index (κ2) is 8.34. The number of hydrogen-bond acceptors (Lipinski definition) is 5. The van der Waals surface area contributed by atoms with Crippen LogP contribution in [0.5, 0.6) is 0 Å². The zero-order valence-electron chi connectivity index (χ0n) is 18.2. The summed E-state index contributed by atoms with van der Waals surface area (Å²) in [6.45, 7) is 0.542. The average Bonchev–Trinajstić information content (AvgIpc) is 3.44. The van der Waals surface area contributed by atoms with Crippen LogP contribution < -0.4 is 4.90 Å². The highest BCUT2D eigenvalue weighted by atomic mass is 19.4. The molecule has 2 bridgehead atoms. The lowest BCUT2D eigenvalue weighted by Gasteiger charge is -2.39. The number of nitrogens with zero attached hydrogens (tertiary/aromatic N) is 5. The maximum atomic E-state index is 14.1. The molecular weight excluding hydrogens is 450 g/mol. The Labute approximate surface area is 193 Å². The van der Waals surface area contributed by atoms with Crippen LogP contribution in [0.4, 0.5) is 23.4 Å². The topological polar surface area (TPSA) is 62.2 Å². The Morgan fingerprint density at radius 2 is 1.85 bits per heavy atom. The van der Waals surface area contributed by atoms with Gasteiger partial charge in [-0.2, -0.15) is 13.2 Å². The number of benzene rings is 1. The molecule has 5 rings (SSSR count).